The van der Waals surface area contributed by atoms with Gasteiger partial charge in [0, 0.05) is 18.9 Å². The van der Waals surface area contributed by atoms with Crippen LogP contribution in [0.25, 0.3) is 5.65 Å². The lowest BCUT2D eigenvalue weighted by molar-refractivity contribution is 0.361. The van der Waals surface area contributed by atoms with Crippen molar-refractivity contribution in [3.63, 3.8) is 0 Å². The van der Waals surface area contributed by atoms with Crippen molar-refractivity contribution in [1.29, 1.82) is 0 Å². The fourth-order valence-corrected chi connectivity index (χ4v) is 2.77. The van der Waals surface area contributed by atoms with Crippen molar-refractivity contribution in [2.45, 2.75) is 39.5 Å². The molecular weight excluding hydrogens is 226 g/mol. The van der Waals surface area contributed by atoms with E-state index in [4.69, 9.17) is 0 Å². The Morgan fingerprint density at radius 1 is 1.33 bits per heavy atom. The maximum atomic E-state index is 4.38. The second kappa shape index (κ2) is 4.23. The number of nitrogens with one attached hydrogen (secondary N) is 1. The molecule has 1 N–H and O–H groups in total. The zero-order chi connectivity index (χ0) is 12.6. The minimum Gasteiger partial charge on any atom is -0.366 e. The van der Waals surface area contributed by atoms with Crippen molar-refractivity contribution in [2.75, 3.05) is 11.9 Å². The summed E-state index contributed by atoms with van der Waals surface area (Å²) in [5.41, 5.74) is 1.22. The van der Waals surface area contributed by atoms with Gasteiger partial charge in [0.05, 0.1) is 0 Å². The Kier molecular flexibility index (Phi) is 2.69. The van der Waals surface area contributed by atoms with Gasteiger partial charge in [0.2, 0.25) is 5.65 Å². The summed E-state index contributed by atoms with van der Waals surface area (Å²) < 4.78 is 1.96. The Bertz CT molecular complexity index is 554. The van der Waals surface area contributed by atoms with Crippen molar-refractivity contribution in [2.24, 2.45) is 5.41 Å². The number of hydrogen-bond acceptors (Lipinski definition) is 4. The zero-order valence-corrected chi connectivity index (χ0v) is 11.0. The SMILES string of the molecule is Cc1nnc2c(NCC3(C)CCCC3)nccn12. The second-order valence-corrected chi connectivity index (χ2v) is 5.59. The molecule has 5 heteroatoms. The molecule has 0 saturated heterocycles. The normalized spacial score (nSPS) is 18.3. The minimum absolute atomic E-state index is 0.406. The van der Waals surface area contributed by atoms with E-state index in [1.807, 2.05) is 17.5 Å². The van der Waals surface area contributed by atoms with Gasteiger partial charge in [0.15, 0.2) is 5.82 Å². The summed E-state index contributed by atoms with van der Waals surface area (Å²) in [4.78, 5) is 4.38. The van der Waals surface area contributed by atoms with Crippen LogP contribution in [0, 0.1) is 12.3 Å². The van der Waals surface area contributed by atoms with E-state index >= 15 is 0 Å². The quantitative estimate of drug-likeness (QED) is 0.902. The van der Waals surface area contributed by atoms with Crippen molar-refractivity contribution in [3.05, 3.63) is 18.2 Å². The van der Waals surface area contributed by atoms with Gasteiger partial charge in [-0.05, 0) is 25.2 Å². The molecule has 2 aromatic rings. The standard InChI is InChI=1S/C13H19N5/c1-10-16-17-12-11(14-7-8-18(10)12)15-9-13(2)5-3-4-6-13/h7-8H,3-6,9H2,1-2H3,(H,14,15). The lowest BCUT2D eigenvalue weighted by Crippen LogP contribution is -2.23. The van der Waals surface area contributed by atoms with Gasteiger partial charge in [-0.25, -0.2) is 4.98 Å². The van der Waals surface area contributed by atoms with Crippen molar-refractivity contribution < 1.29 is 0 Å². The molecular formula is C13H19N5. The van der Waals surface area contributed by atoms with Crippen molar-refractivity contribution in [1.82, 2.24) is 19.6 Å². The van der Waals surface area contributed by atoms with Gasteiger partial charge in [-0.15, -0.1) is 10.2 Å². The molecule has 2 aromatic heterocycles. The highest BCUT2D eigenvalue weighted by Crippen LogP contribution is 2.37. The van der Waals surface area contributed by atoms with E-state index in [1.165, 1.54) is 25.7 Å². The molecule has 0 atom stereocenters. The molecule has 1 aliphatic rings. The fourth-order valence-electron chi connectivity index (χ4n) is 2.77. The third-order valence-corrected chi connectivity index (χ3v) is 3.99. The first-order valence-corrected chi connectivity index (χ1v) is 6.58. The van der Waals surface area contributed by atoms with Gasteiger partial charge in [-0.1, -0.05) is 19.8 Å². The Balaban J connectivity index is 1.82. The third kappa shape index (κ3) is 1.94. The first kappa shape index (κ1) is 11.4. The predicted molar refractivity (Wildman–Crippen MR) is 70.6 cm³/mol. The highest BCUT2D eigenvalue weighted by atomic mass is 15.3. The van der Waals surface area contributed by atoms with Crippen LogP contribution >= 0.6 is 0 Å². The smallest absolute Gasteiger partial charge is 0.203 e. The number of anilines is 1. The Hall–Kier alpha value is -1.65. The molecule has 0 unspecified atom stereocenters. The first-order chi connectivity index (χ1) is 8.68. The predicted octanol–water partition coefficient (Wildman–Crippen LogP) is 2.42. The lowest BCUT2D eigenvalue weighted by Gasteiger charge is -2.23. The Morgan fingerprint density at radius 2 is 2.11 bits per heavy atom. The molecule has 1 aliphatic carbocycles. The molecule has 3 rings (SSSR count). The molecule has 96 valence electrons. The first-order valence-electron chi connectivity index (χ1n) is 6.58. The van der Waals surface area contributed by atoms with Crippen LogP contribution < -0.4 is 5.32 Å². The molecule has 0 spiro atoms. The van der Waals surface area contributed by atoms with Gasteiger partial charge in [-0.3, -0.25) is 4.40 Å². The molecule has 1 fully saturated rings. The summed E-state index contributed by atoms with van der Waals surface area (Å²) in [5, 5.41) is 11.7. The summed E-state index contributed by atoms with van der Waals surface area (Å²) in [6.45, 7) is 5.26. The van der Waals surface area contributed by atoms with Crippen LogP contribution in [0.4, 0.5) is 5.82 Å². The number of aromatic nitrogens is 4. The van der Waals surface area contributed by atoms with Crippen LogP contribution in [0.1, 0.15) is 38.4 Å². The van der Waals surface area contributed by atoms with E-state index in [0.29, 0.717) is 5.41 Å². The van der Waals surface area contributed by atoms with E-state index in [-0.39, 0.29) is 0 Å². The van der Waals surface area contributed by atoms with Crippen LogP contribution in [0.15, 0.2) is 12.4 Å². The average Bonchev–Trinajstić information content (AvgIpc) is 2.96. The van der Waals surface area contributed by atoms with Crippen LogP contribution in [0.5, 0.6) is 0 Å². The molecule has 18 heavy (non-hydrogen) atoms. The number of hydrogen-bond donors (Lipinski definition) is 1. The van der Waals surface area contributed by atoms with Gasteiger partial charge >= 0.3 is 0 Å². The maximum Gasteiger partial charge on any atom is 0.203 e. The van der Waals surface area contributed by atoms with E-state index in [2.05, 4.69) is 27.4 Å². The highest BCUT2D eigenvalue weighted by Gasteiger charge is 2.28. The summed E-state index contributed by atoms with van der Waals surface area (Å²) >= 11 is 0. The van der Waals surface area contributed by atoms with Crippen LogP contribution in [0.3, 0.4) is 0 Å². The van der Waals surface area contributed by atoms with E-state index in [0.717, 1.165) is 23.8 Å². The molecule has 0 bridgehead atoms. The minimum atomic E-state index is 0.406. The number of aryl methyl sites for hydroxylation is 1. The number of rotatable bonds is 3. The van der Waals surface area contributed by atoms with Crippen LogP contribution in [0.2, 0.25) is 0 Å². The average molecular weight is 245 g/mol. The Labute approximate surface area is 107 Å². The summed E-state index contributed by atoms with van der Waals surface area (Å²) in [6.07, 6.45) is 8.99. The van der Waals surface area contributed by atoms with Crippen LogP contribution in [-0.4, -0.2) is 26.1 Å². The molecule has 5 nitrogen and oxygen atoms in total. The molecule has 2 heterocycles. The number of nitrogens with zero attached hydrogens (tertiary/aromatic N) is 4. The summed E-state index contributed by atoms with van der Waals surface area (Å²) in [7, 11) is 0. The summed E-state index contributed by atoms with van der Waals surface area (Å²) in [5.74, 6) is 1.73. The van der Waals surface area contributed by atoms with Crippen LogP contribution in [-0.2, 0) is 0 Å². The van der Waals surface area contributed by atoms with Gasteiger partial charge in [-0.2, -0.15) is 0 Å². The maximum absolute atomic E-state index is 4.38. The zero-order valence-electron chi connectivity index (χ0n) is 11.0. The van der Waals surface area contributed by atoms with Gasteiger partial charge < -0.3 is 5.32 Å². The molecule has 0 aliphatic heterocycles. The third-order valence-electron chi connectivity index (χ3n) is 3.99. The van der Waals surface area contributed by atoms with E-state index in [1.54, 1.807) is 6.20 Å². The van der Waals surface area contributed by atoms with Gasteiger partial charge in [0.25, 0.3) is 0 Å². The largest absolute Gasteiger partial charge is 0.366 e. The number of fused-ring (bicyclic) bond motifs is 1. The lowest BCUT2D eigenvalue weighted by atomic mass is 9.89. The second-order valence-electron chi connectivity index (χ2n) is 5.59. The summed E-state index contributed by atoms with van der Waals surface area (Å²) in [6, 6.07) is 0. The molecule has 0 radical (unpaired) electrons. The fraction of sp³-hybridized carbons (Fsp3) is 0.615. The van der Waals surface area contributed by atoms with Crippen molar-refractivity contribution >= 4 is 11.5 Å². The van der Waals surface area contributed by atoms with E-state index < -0.39 is 0 Å². The highest BCUT2D eigenvalue weighted by molar-refractivity contribution is 5.61. The monoisotopic (exact) mass is 245 g/mol. The molecule has 0 amide bonds. The van der Waals surface area contributed by atoms with Crippen molar-refractivity contribution in [3.8, 4) is 0 Å². The Morgan fingerprint density at radius 3 is 2.89 bits per heavy atom. The molecule has 0 aromatic carbocycles. The van der Waals surface area contributed by atoms with E-state index in [9.17, 15) is 0 Å². The molecule has 1 saturated carbocycles. The topological polar surface area (TPSA) is 55.1 Å². The van der Waals surface area contributed by atoms with Gasteiger partial charge in [0.1, 0.15) is 5.82 Å².